The van der Waals surface area contributed by atoms with Crippen LogP contribution in [0.25, 0.3) is 0 Å². The molecule has 13 aliphatic heterocycles. The Morgan fingerprint density at radius 1 is 0.305 bits per heavy atom. The third kappa shape index (κ3) is 42.2. The molecule has 0 aromatic carbocycles. The Kier molecular flexibility index (Phi) is 48.7. The third-order valence-corrected chi connectivity index (χ3v) is 33.2. The Balaban J connectivity index is 0.000000256. The van der Waals surface area contributed by atoms with E-state index in [2.05, 4.69) is 324 Å². The molecule has 0 saturated carbocycles. The van der Waals surface area contributed by atoms with Crippen LogP contribution in [0.4, 0.5) is 0 Å². The average molecular weight is 1810 g/mol. The monoisotopic (exact) mass is 1800 g/mol. The number of nitrogens with two attached hydrogens (primary N) is 1. The molecule has 13 rings (SSSR count). The zero-order chi connectivity index (χ0) is 96.2. The molecule has 0 aliphatic carbocycles. The van der Waals surface area contributed by atoms with Gasteiger partial charge in [0.05, 0.1) is 59.2 Å². The maximum absolute atomic E-state index is 5.71. The Labute approximate surface area is 800 Å². The zero-order valence-corrected chi connectivity index (χ0v) is 93.3. The minimum absolute atomic E-state index is 0.295. The fraction of sp³-hybridized carbons (Fsp3) is 0.982. The molecule has 0 amide bonds. The molecule has 758 valence electrons. The predicted molar refractivity (Wildman–Crippen MR) is 563 cm³/mol. The van der Waals surface area contributed by atoms with E-state index < -0.39 is 0 Å². The van der Waals surface area contributed by atoms with Crippen LogP contribution >= 0.6 is 0 Å². The van der Waals surface area contributed by atoms with Crippen molar-refractivity contribution in [3.05, 3.63) is 12.4 Å². The summed E-state index contributed by atoms with van der Waals surface area (Å²) in [6.45, 7) is 103. The SMILES string of the molecule is C=C(N)N(C)C1CCN(C(C)(C)C)CC1.CC(C)(C)N1CCC(N2CCCC2)CC1.CC(C)(C)N1CCC(N2CCCCC2)CC1.CC(C)(C)N1CCC(N2CCCCC2)CC1.CC(C)(C)N1CCC([N+](C)(C)C)CC1.CC(C)(C)N1CCC([N+]2(C)CCCC2)CC1.CC1CCN(C(C)(C)C)CC1.CN(C)C1CCN(C(C)(C)C)CC1.CNC1CCN(C(C)(C)C)CC1. The summed E-state index contributed by atoms with van der Waals surface area (Å²) >= 11 is 0. The van der Waals surface area contributed by atoms with Crippen LogP contribution in [0.15, 0.2) is 12.4 Å². The van der Waals surface area contributed by atoms with Gasteiger partial charge < -0.3 is 44.5 Å². The molecule has 128 heavy (non-hydrogen) atoms. The lowest BCUT2D eigenvalue weighted by Gasteiger charge is -2.46. The van der Waals surface area contributed by atoms with Gasteiger partial charge in [0, 0.05) is 236 Å². The summed E-state index contributed by atoms with van der Waals surface area (Å²) in [6, 6.07) is 6.60. The van der Waals surface area contributed by atoms with Crippen LogP contribution in [0.3, 0.4) is 0 Å². The Hall–Kier alpha value is -1.30. The van der Waals surface area contributed by atoms with E-state index in [0.29, 0.717) is 61.7 Å². The number of nitrogens with one attached hydrogen (secondary N) is 1. The Bertz CT molecular complexity index is 2790. The van der Waals surface area contributed by atoms with Crippen molar-refractivity contribution in [3.8, 4) is 0 Å². The van der Waals surface area contributed by atoms with Crippen molar-refractivity contribution in [3.63, 3.8) is 0 Å². The maximum Gasteiger partial charge on any atom is 0.0913 e. The fourth-order valence-corrected chi connectivity index (χ4v) is 23.0. The van der Waals surface area contributed by atoms with Crippen LogP contribution in [0.2, 0.25) is 0 Å². The van der Waals surface area contributed by atoms with E-state index in [9.17, 15) is 0 Å². The number of quaternary nitrogens is 2. The predicted octanol–water partition coefficient (Wildman–Crippen LogP) is 19.7. The first-order valence-corrected chi connectivity index (χ1v) is 54.3. The van der Waals surface area contributed by atoms with Crippen molar-refractivity contribution in [1.29, 1.82) is 0 Å². The molecular formula is C110H230N18+2. The number of nitrogens with zero attached hydrogens (tertiary/aromatic N) is 16. The molecule has 3 N–H and O–H groups in total. The normalized spacial score (nSPS) is 24.9. The van der Waals surface area contributed by atoms with Gasteiger partial charge in [-0.3, -0.25) is 44.1 Å². The molecule has 13 heterocycles. The second-order valence-electron chi connectivity index (χ2n) is 53.0. The molecule has 0 atom stereocenters. The number of piperidine rings is 11. The lowest BCUT2D eigenvalue weighted by molar-refractivity contribution is -0.923. The molecule has 0 unspecified atom stereocenters. The molecule has 0 aromatic rings. The minimum Gasteiger partial charge on any atom is -0.386 e. The quantitative estimate of drug-likeness (QED) is 0.215. The van der Waals surface area contributed by atoms with E-state index in [1.165, 1.54) is 341 Å². The van der Waals surface area contributed by atoms with Gasteiger partial charge in [0.2, 0.25) is 0 Å². The number of rotatable bonds is 9. The number of likely N-dealkylation sites (tertiary alicyclic amines) is 13. The van der Waals surface area contributed by atoms with E-state index in [1.807, 2.05) is 7.05 Å². The van der Waals surface area contributed by atoms with Gasteiger partial charge in [-0.15, -0.1) is 0 Å². The van der Waals surface area contributed by atoms with Crippen molar-refractivity contribution in [2.45, 2.75) is 472 Å². The number of hydrogen-bond acceptors (Lipinski definition) is 16. The third-order valence-electron chi connectivity index (χ3n) is 33.2. The van der Waals surface area contributed by atoms with Crippen molar-refractivity contribution < 1.29 is 8.97 Å². The summed E-state index contributed by atoms with van der Waals surface area (Å²) in [5.41, 5.74) is 8.94. The highest BCUT2D eigenvalue weighted by atomic mass is 15.4. The van der Waals surface area contributed by atoms with Gasteiger partial charge in [0.1, 0.15) is 0 Å². The fourth-order valence-electron chi connectivity index (χ4n) is 23.0. The first-order chi connectivity index (χ1) is 59.1. The number of hydrogen-bond donors (Lipinski definition) is 2. The zero-order valence-electron chi connectivity index (χ0n) is 93.3. The van der Waals surface area contributed by atoms with Crippen LogP contribution in [0.1, 0.15) is 374 Å². The van der Waals surface area contributed by atoms with Gasteiger partial charge in [-0.2, -0.15) is 0 Å². The molecule has 0 radical (unpaired) electrons. The molecule has 0 aromatic heterocycles. The summed E-state index contributed by atoms with van der Waals surface area (Å²) in [7, 11) is 17.9. The van der Waals surface area contributed by atoms with Crippen molar-refractivity contribution >= 4 is 0 Å². The molecule has 13 saturated heterocycles. The summed E-state index contributed by atoms with van der Waals surface area (Å²) in [5, 5.41) is 3.35. The van der Waals surface area contributed by atoms with Gasteiger partial charge in [-0.25, -0.2) is 0 Å². The average Bonchev–Trinajstić information content (AvgIpc) is 1.59. The first kappa shape index (κ1) is 117. The van der Waals surface area contributed by atoms with Crippen molar-refractivity contribution in [2.24, 2.45) is 11.7 Å². The Morgan fingerprint density at radius 2 is 0.523 bits per heavy atom. The summed E-state index contributed by atoms with van der Waals surface area (Å²) < 4.78 is 2.50. The molecule has 13 fully saturated rings. The maximum atomic E-state index is 5.71. The molecule has 13 aliphatic rings. The highest BCUT2D eigenvalue weighted by molar-refractivity contribution is 4.96. The van der Waals surface area contributed by atoms with Crippen molar-refractivity contribution in [1.82, 2.24) is 73.9 Å². The second-order valence-corrected chi connectivity index (χ2v) is 53.0. The van der Waals surface area contributed by atoms with Gasteiger partial charge in [-0.05, 0) is 395 Å². The van der Waals surface area contributed by atoms with E-state index in [1.54, 1.807) is 0 Å². The standard InChI is InChI=1S/C14H29N2.2C14H28N2.C13H26N2.C12H25N3.C12H27N2.C11H24N2.C10H22N2.C10H21N/c1-14(2,3)15-9-7-13(8-10-15)16(4)11-5-6-12-16;2*1-14(2,3)16-11-7-13(8-12-16)15-9-5-4-6-10-15;1-13(2,3)15-10-6-12(7-11-15)14-8-4-5-9-14;1-10(13)14(5)11-6-8-15(9-7-11)12(2,3)4;1-12(2,3)13-9-7-11(8-10-13)14(4,5)6;1-11(2,3)13-8-6-10(7-9-13)12(4)5;1-10(2,3)12-7-5-9(11-4)6-8-12;1-9-5-7-11(8-6-9)10(2,3)4/h13H,5-12H2,1-4H3;2*13H,4-12H2,1-3H3;12H,4-11H2,1-3H3;11H,1,6-9,13H2,2-5H3;11H,7-10H2,1-6H3;10H,6-9H2,1-5H3;9,11H,5-8H2,1-4H3;9H,5-8H2,1-4H3/q+1;;;;;+1;;;. The van der Waals surface area contributed by atoms with Crippen LogP contribution in [0.5, 0.6) is 0 Å². The highest BCUT2D eigenvalue weighted by Gasteiger charge is 2.42. The smallest absolute Gasteiger partial charge is 0.0913 e. The summed E-state index contributed by atoms with van der Waals surface area (Å²) in [4.78, 5) is 36.2. The second kappa shape index (κ2) is 53.2. The largest absolute Gasteiger partial charge is 0.386 e. The van der Waals surface area contributed by atoms with Gasteiger partial charge in [0.25, 0.3) is 0 Å². The topological polar surface area (TPSA) is 83.4 Å². The van der Waals surface area contributed by atoms with E-state index >= 15 is 0 Å². The van der Waals surface area contributed by atoms with E-state index in [0.717, 1.165) is 65.8 Å². The Morgan fingerprint density at radius 3 is 0.758 bits per heavy atom. The molecular weight excluding hydrogens is 1570 g/mol. The lowest BCUT2D eigenvalue weighted by atomic mass is 9.95. The van der Waals surface area contributed by atoms with Crippen LogP contribution in [-0.2, 0) is 0 Å². The van der Waals surface area contributed by atoms with E-state index in [4.69, 9.17) is 5.73 Å². The first-order valence-electron chi connectivity index (χ1n) is 54.3. The van der Waals surface area contributed by atoms with Crippen LogP contribution < -0.4 is 11.1 Å². The minimum atomic E-state index is 0.295. The van der Waals surface area contributed by atoms with Crippen LogP contribution in [0, 0.1) is 5.92 Å². The highest BCUT2D eigenvalue weighted by Crippen LogP contribution is 2.35. The summed E-state index contributed by atoms with van der Waals surface area (Å²) in [5.74, 6) is 1.64. The van der Waals surface area contributed by atoms with Gasteiger partial charge in [-0.1, -0.05) is 26.3 Å². The molecule has 18 nitrogen and oxygen atoms in total. The summed E-state index contributed by atoms with van der Waals surface area (Å²) in [6.07, 6.45) is 38.6. The molecule has 0 spiro atoms. The molecule has 18 heteroatoms. The van der Waals surface area contributed by atoms with E-state index in [-0.39, 0.29) is 0 Å². The molecule has 0 bridgehead atoms. The van der Waals surface area contributed by atoms with Crippen LogP contribution in [-0.4, -0.2) is 402 Å². The van der Waals surface area contributed by atoms with Gasteiger partial charge >= 0.3 is 0 Å². The lowest BCUT2D eigenvalue weighted by Crippen LogP contribution is -2.56. The van der Waals surface area contributed by atoms with Crippen molar-refractivity contribution in [2.75, 3.05) is 227 Å². The van der Waals surface area contributed by atoms with Gasteiger partial charge in [0.15, 0.2) is 0 Å².